The molecule has 0 aliphatic carbocycles. The van der Waals surface area contributed by atoms with Gasteiger partial charge in [-0.3, -0.25) is 19.3 Å². The van der Waals surface area contributed by atoms with Gasteiger partial charge in [-0.05, 0) is 80.1 Å². The number of H-pyrrole nitrogens is 1. The summed E-state index contributed by atoms with van der Waals surface area (Å²) in [5.41, 5.74) is 4.39. The summed E-state index contributed by atoms with van der Waals surface area (Å²) >= 11 is 0.875. The number of ether oxygens (including phenoxy) is 2. The molecular weight excluding hydrogens is 466 g/mol. The molecule has 3 aromatic rings. The highest BCUT2D eigenvalue weighted by Gasteiger charge is 2.34. The molecule has 2 heterocycles. The van der Waals surface area contributed by atoms with Crippen LogP contribution in [0.1, 0.15) is 34.1 Å². The van der Waals surface area contributed by atoms with E-state index >= 15 is 0 Å². The van der Waals surface area contributed by atoms with Crippen LogP contribution in [0.3, 0.4) is 0 Å². The number of thioether (sulfide) groups is 1. The zero-order valence-corrected chi connectivity index (χ0v) is 20.9. The van der Waals surface area contributed by atoms with Gasteiger partial charge in [0.15, 0.2) is 11.5 Å². The van der Waals surface area contributed by atoms with Crippen LogP contribution in [0.25, 0.3) is 17.0 Å². The number of carbonyl (C=O) groups excluding carboxylic acids is 3. The van der Waals surface area contributed by atoms with Crippen LogP contribution in [-0.2, 0) is 4.79 Å². The standard InChI is InChI=1S/C26H27N3O5S/c1-5-34-21-9-6-17(12-22(21)33-4)13-23-25(31)29(26(32)35-23)11-10-27-24(30)18-7-8-20-19(14-18)15(2)16(3)28-20/h6-9,12-14,28H,5,10-11H2,1-4H3,(H,27,30)/b23-13-. The fraction of sp³-hybridized carbons (Fsp3) is 0.269. The lowest BCUT2D eigenvalue weighted by molar-refractivity contribution is -0.122. The van der Waals surface area contributed by atoms with Gasteiger partial charge in [-0.15, -0.1) is 0 Å². The van der Waals surface area contributed by atoms with Crippen LogP contribution in [0.15, 0.2) is 41.3 Å². The zero-order valence-electron chi connectivity index (χ0n) is 20.1. The molecule has 8 nitrogen and oxygen atoms in total. The van der Waals surface area contributed by atoms with Gasteiger partial charge in [-0.2, -0.15) is 0 Å². The van der Waals surface area contributed by atoms with E-state index in [-0.39, 0.29) is 30.1 Å². The summed E-state index contributed by atoms with van der Waals surface area (Å²) in [6.07, 6.45) is 1.65. The van der Waals surface area contributed by atoms with Crippen LogP contribution < -0.4 is 14.8 Å². The third-order valence-corrected chi connectivity index (χ3v) is 6.76. The summed E-state index contributed by atoms with van der Waals surface area (Å²) < 4.78 is 10.9. The molecule has 35 heavy (non-hydrogen) atoms. The maximum absolute atomic E-state index is 12.8. The fourth-order valence-electron chi connectivity index (χ4n) is 3.88. The molecule has 4 rings (SSSR count). The van der Waals surface area contributed by atoms with Gasteiger partial charge < -0.3 is 19.8 Å². The summed E-state index contributed by atoms with van der Waals surface area (Å²) in [5, 5.41) is 3.43. The van der Waals surface area contributed by atoms with Crippen molar-refractivity contribution in [2.45, 2.75) is 20.8 Å². The maximum atomic E-state index is 12.8. The average molecular weight is 494 g/mol. The molecule has 1 fully saturated rings. The monoisotopic (exact) mass is 493 g/mol. The van der Waals surface area contributed by atoms with Crippen LogP contribution in [0.2, 0.25) is 0 Å². The molecule has 0 spiro atoms. The molecule has 2 N–H and O–H groups in total. The molecule has 0 radical (unpaired) electrons. The van der Waals surface area contributed by atoms with Crippen molar-refractivity contribution in [3.05, 3.63) is 63.7 Å². The molecule has 0 saturated carbocycles. The first-order valence-corrected chi connectivity index (χ1v) is 12.1. The number of rotatable bonds is 8. The van der Waals surface area contributed by atoms with E-state index in [0.717, 1.165) is 44.4 Å². The van der Waals surface area contributed by atoms with Crippen molar-refractivity contribution >= 4 is 45.8 Å². The van der Waals surface area contributed by atoms with Gasteiger partial charge in [0, 0.05) is 35.2 Å². The largest absolute Gasteiger partial charge is 0.493 e. The van der Waals surface area contributed by atoms with Crippen LogP contribution in [0, 0.1) is 13.8 Å². The molecule has 182 valence electrons. The van der Waals surface area contributed by atoms with Crippen molar-refractivity contribution in [2.24, 2.45) is 0 Å². The third kappa shape index (κ3) is 5.05. The second-order valence-corrected chi connectivity index (χ2v) is 9.06. The van der Waals surface area contributed by atoms with Gasteiger partial charge >= 0.3 is 0 Å². The third-order valence-electron chi connectivity index (χ3n) is 5.85. The quantitative estimate of drug-likeness (QED) is 0.443. The van der Waals surface area contributed by atoms with Crippen molar-refractivity contribution in [1.29, 1.82) is 0 Å². The number of benzene rings is 2. The number of amides is 3. The second-order valence-electron chi connectivity index (χ2n) is 8.07. The molecule has 9 heteroatoms. The fourth-order valence-corrected chi connectivity index (χ4v) is 4.74. The van der Waals surface area contributed by atoms with E-state index in [1.165, 1.54) is 0 Å². The van der Waals surface area contributed by atoms with E-state index in [4.69, 9.17) is 9.47 Å². The van der Waals surface area contributed by atoms with Gasteiger partial charge in [0.2, 0.25) is 0 Å². The zero-order chi connectivity index (χ0) is 25.1. The van der Waals surface area contributed by atoms with E-state index in [1.807, 2.05) is 32.9 Å². The van der Waals surface area contributed by atoms with Gasteiger partial charge in [-0.1, -0.05) is 6.07 Å². The number of nitrogens with zero attached hydrogens (tertiary/aromatic N) is 1. The first-order chi connectivity index (χ1) is 16.8. The highest BCUT2D eigenvalue weighted by atomic mass is 32.2. The molecule has 1 aliphatic heterocycles. The number of aromatic amines is 1. The Hall–Kier alpha value is -3.72. The maximum Gasteiger partial charge on any atom is 0.293 e. The average Bonchev–Trinajstić information content (AvgIpc) is 3.28. The summed E-state index contributed by atoms with van der Waals surface area (Å²) in [7, 11) is 1.54. The highest BCUT2D eigenvalue weighted by molar-refractivity contribution is 8.18. The predicted molar refractivity (Wildman–Crippen MR) is 137 cm³/mol. The summed E-state index contributed by atoms with van der Waals surface area (Å²) in [6, 6.07) is 10.8. The van der Waals surface area contributed by atoms with Crippen molar-refractivity contribution in [3.63, 3.8) is 0 Å². The normalized spacial score (nSPS) is 14.7. The molecule has 1 aromatic heterocycles. The Morgan fingerprint density at radius 2 is 1.94 bits per heavy atom. The number of nitrogens with one attached hydrogen (secondary N) is 2. The van der Waals surface area contributed by atoms with E-state index in [9.17, 15) is 14.4 Å². The summed E-state index contributed by atoms with van der Waals surface area (Å²) in [6.45, 7) is 6.63. The molecule has 1 aliphatic rings. The Bertz CT molecular complexity index is 1340. The molecule has 0 atom stereocenters. The van der Waals surface area contributed by atoms with Crippen molar-refractivity contribution < 1.29 is 23.9 Å². The Morgan fingerprint density at radius 1 is 1.14 bits per heavy atom. The summed E-state index contributed by atoms with van der Waals surface area (Å²) in [5.74, 6) is 0.513. The minimum atomic E-state index is -0.387. The topological polar surface area (TPSA) is 101 Å². The Labute approximate surface area is 207 Å². The first-order valence-electron chi connectivity index (χ1n) is 11.3. The van der Waals surface area contributed by atoms with E-state index < -0.39 is 0 Å². The second kappa shape index (κ2) is 10.3. The predicted octanol–water partition coefficient (Wildman–Crippen LogP) is 4.66. The Balaban J connectivity index is 1.39. The number of methoxy groups -OCH3 is 1. The molecule has 2 aromatic carbocycles. The molecule has 0 bridgehead atoms. The number of hydrogen-bond acceptors (Lipinski definition) is 6. The van der Waals surface area contributed by atoms with Gasteiger partial charge in [-0.25, -0.2) is 0 Å². The Morgan fingerprint density at radius 3 is 2.69 bits per heavy atom. The number of imide groups is 1. The number of aromatic nitrogens is 1. The number of aryl methyl sites for hydroxylation is 2. The van der Waals surface area contributed by atoms with Crippen LogP contribution in [0.4, 0.5) is 4.79 Å². The van der Waals surface area contributed by atoms with E-state index in [0.29, 0.717) is 28.6 Å². The SMILES string of the molecule is CCOc1ccc(/C=C2\SC(=O)N(CCNC(=O)c3ccc4[nH]c(C)c(C)c4c3)C2=O)cc1OC. The van der Waals surface area contributed by atoms with Gasteiger partial charge in [0.1, 0.15) is 0 Å². The van der Waals surface area contributed by atoms with E-state index in [1.54, 1.807) is 37.5 Å². The molecule has 1 saturated heterocycles. The van der Waals surface area contributed by atoms with Gasteiger partial charge in [0.25, 0.3) is 17.1 Å². The molecule has 3 amide bonds. The summed E-state index contributed by atoms with van der Waals surface area (Å²) in [4.78, 5) is 42.6. The van der Waals surface area contributed by atoms with E-state index in [2.05, 4.69) is 10.3 Å². The van der Waals surface area contributed by atoms with Crippen molar-refractivity contribution in [3.8, 4) is 11.5 Å². The lowest BCUT2D eigenvalue weighted by Crippen LogP contribution is -2.37. The van der Waals surface area contributed by atoms with Crippen LogP contribution in [-0.4, -0.2) is 53.7 Å². The smallest absolute Gasteiger partial charge is 0.293 e. The van der Waals surface area contributed by atoms with Crippen molar-refractivity contribution in [1.82, 2.24) is 15.2 Å². The lowest BCUT2D eigenvalue weighted by atomic mass is 10.1. The first kappa shape index (κ1) is 24.4. The molecular formula is C26H27N3O5S. The van der Waals surface area contributed by atoms with Crippen molar-refractivity contribution in [2.75, 3.05) is 26.8 Å². The van der Waals surface area contributed by atoms with Crippen LogP contribution >= 0.6 is 11.8 Å². The highest BCUT2D eigenvalue weighted by Crippen LogP contribution is 2.34. The van der Waals surface area contributed by atoms with Gasteiger partial charge in [0.05, 0.1) is 18.6 Å². The lowest BCUT2D eigenvalue weighted by Gasteiger charge is -2.13. The minimum absolute atomic E-state index is 0.0882. The minimum Gasteiger partial charge on any atom is -0.493 e. The number of carbonyl (C=O) groups is 3. The Kier molecular flexibility index (Phi) is 7.16. The van der Waals surface area contributed by atoms with Crippen LogP contribution in [0.5, 0.6) is 11.5 Å². The molecule has 0 unspecified atom stereocenters. The number of hydrogen-bond donors (Lipinski definition) is 2. The number of fused-ring (bicyclic) bond motifs is 1.